The first-order valence-electron chi connectivity index (χ1n) is 6.65. The molecular weight excluding hydrogens is 208 g/mol. The Balaban J connectivity index is 3.71. The van der Waals surface area contributed by atoms with Gasteiger partial charge in [0.15, 0.2) is 0 Å². The van der Waals surface area contributed by atoms with Crippen LogP contribution in [0.1, 0.15) is 33.6 Å². The molecule has 0 aromatic carbocycles. The zero-order chi connectivity index (χ0) is 13.1. The lowest BCUT2D eigenvalue weighted by molar-refractivity contribution is 0.259. The molecule has 0 aromatic rings. The van der Waals surface area contributed by atoms with Crippen molar-refractivity contribution >= 4 is 0 Å². The highest BCUT2D eigenvalue weighted by molar-refractivity contribution is 4.78. The number of hydrogen-bond acceptors (Lipinski definition) is 2. The standard InChI is InChI=1S/C15H30N2/c1-6-9-16-11-8-14(3)12-15(4,5)13-17-10-7-2/h6-7,14,16-17H,1-2,8-13H2,3-5H3. The zero-order valence-corrected chi connectivity index (χ0v) is 11.9. The Bertz CT molecular complexity index is 209. The van der Waals surface area contributed by atoms with Crippen LogP contribution in [-0.2, 0) is 0 Å². The zero-order valence-electron chi connectivity index (χ0n) is 11.9. The molecule has 2 nitrogen and oxygen atoms in total. The molecular formula is C15H30N2. The average Bonchev–Trinajstić information content (AvgIpc) is 2.24. The summed E-state index contributed by atoms with van der Waals surface area (Å²) in [5.74, 6) is 0.757. The summed E-state index contributed by atoms with van der Waals surface area (Å²) in [7, 11) is 0. The first-order valence-corrected chi connectivity index (χ1v) is 6.65. The van der Waals surface area contributed by atoms with Gasteiger partial charge in [0.1, 0.15) is 0 Å². The maximum atomic E-state index is 3.72. The highest BCUT2D eigenvalue weighted by Crippen LogP contribution is 2.25. The lowest BCUT2D eigenvalue weighted by Gasteiger charge is -2.28. The van der Waals surface area contributed by atoms with Gasteiger partial charge in [-0.2, -0.15) is 0 Å². The van der Waals surface area contributed by atoms with Gasteiger partial charge in [0.05, 0.1) is 0 Å². The van der Waals surface area contributed by atoms with Crippen LogP contribution in [0.2, 0.25) is 0 Å². The third kappa shape index (κ3) is 10.3. The smallest absolute Gasteiger partial charge is 0.0132 e. The van der Waals surface area contributed by atoms with Crippen molar-refractivity contribution < 1.29 is 0 Å². The lowest BCUT2D eigenvalue weighted by atomic mass is 9.82. The van der Waals surface area contributed by atoms with Crippen LogP contribution >= 0.6 is 0 Å². The molecule has 0 spiro atoms. The summed E-state index contributed by atoms with van der Waals surface area (Å²) < 4.78 is 0. The van der Waals surface area contributed by atoms with E-state index in [0.717, 1.165) is 32.1 Å². The number of nitrogens with one attached hydrogen (secondary N) is 2. The predicted octanol–water partition coefficient (Wildman–Crippen LogP) is 2.98. The van der Waals surface area contributed by atoms with E-state index in [2.05, 4.69) is 44.6 Å². The van der Waals surface area contributed by atoms with Crippen LogP contribution in [0.25, 0.3) is 0 Å². The molecule has 0 aliphatic heterocycles. The molecule has 0 rings (SSSR count). The lowest BCUT2D eigenvalue weighted by Crippen LogP contribution is -2.31. The molecule has 0 amide bonds. The van der Waals surface area contributed by atoms with Crippen molar-refractivity contribution in [3.8, 4) is 0 Å². The molecule has 1 unspecified atom stereocenters. The van der Waals surface area contributed by atoms with Gasteiger partial charge in [-0.1, -0.05) is 32.9 Å². The van der Waals surface area contributed by atoms with Crippen molar-refractivity contribution in [2.24, 2.45) is 11.3 Å². The van der Waals surface area contributed by atoms with Crippen molar-refractivity contribution in [1.29, 1.82) is 0 Å². The third-order valence-corrected chi connectivity index (χ3v) is 2.90. The van der Waals surface area contributed by atoms with Crippen molar-refractivity contribution in [3.05, 3.63) is 25.3 Å². The molecule has 0 aromatic heterocycles. The van der Waals surface area contributed by atoms with Crippen LogP contribution in [0.15, 0.2) is 25.3 Å². The van der Waals surface area contributed by atoms with E-state index in [4.69, 9.17) is 0 Å². The van der Waals surface area contributed by atoms with Gasteiger partial charge in [0.2, 0.25) is 0 Å². The van der Waals surface area contributed by atoms with Crippen LogP contribution in [0.3, 0.4) is 0 Å². The Hall–Kier alpha value is -0.600. The van der Waals surface area contributed by atoms with E-state index in [1.54, 1.807) is 0 Å². The molecule has 1 atom stereocenters. The van der Waals surface area contributed by atoms with Gasteiger partial charge in [-0.15, -0.1) is 13.2 Å². The fourth-order valence-corrected chi connectivity index (χ4v) is 2.18. The van der Waals surface area contributed by atoms with E-state index in [9.17, 15) is 0 Å². The van der Waals surface area contributed by atoms with Gasteiger partial charge >= 0.3 is 0 Å². The Kier molecular flexibility index (Phi) is 9.10. The van der Waals surface area contributed by atoms with Crippen LogP contribution in [0, 0.1) is 11.3 Å². The highest BCUT2D eigenvalue weighted by atomic mass is 14.9. The fourth-order valence-electron chi connectivity index (χ4n) is 2.18. The first kappa shape index (κ1) is 16.4. The summed E-state index contributed by atoms with van der Waals surface area (Å²) in [6, 6.07) is 0. The number of hydrogen-bond donors (Lipinski definition) is 2. The van der Waals surface area contributed by atoms with Gasteiger partial charge in [-0.05, 0) is 30.7 Å². The van der Waals surface area contributed by atoms with Crippen molar-refractivity contribution in [2.75, 3.05) is 26.2 Å². The van der Waals surface area contributed by atoms with Crippen molar-refractivity contribution in [2.45, 2.75) is 33.6 Å². The summed E-state index contributed by atoms with van der Waals surface area (Å²) in [5.41, 5.74) is 0.362. The topological polar surface area (TPSA) is 24.1 Å². The molecule has 100 valence electrons. The Morgan fingerprint density at radius 3 is 2.29 bits per heavy atom. The van der Waals surface area contributed by atoms with E-state index in [1.165, 1.54) is 12.8 Å². The SMILES string of the molecule is C=CCNCCC(C)CC(C)(C)CNCC=C. The van der Waals surface area contributed by atoms with E-state index < -0.39 is 0 Å². The predicted molar refractivity (Wildman–Crippen MR) is 78.3 cm³/mol. The van der Waals surface area contributed by atoms with Crippen molar-refractivity contribution in [1.82, 2.24) is 10.6 Å². The van der Waals surface area contributed by atoms with E-state index >= 15 is 0 Å². The minimum atomic E-state index is 0.362. The maximum Gasteiger partial charge on any atom is 0.0132 e. The second kappa shape index (κ2) is 9.43. The first-order chi connectivity index (χ1) is 8.02. The van der Waals surface area contributed by atoms with Gasteiger partial charge in [0, 0.05) is 19.6 Å². The normalized spacial score (nSPS) is 13.4. The summed E-state index contributed by atoms with van der Waals surface area (Å²) >= 11 is 0. The van der Waals surface area contributed by atoms with Gasteiger partial charge in [-0.25, -0.2) is 0 Å². The molecule has 0 fully saturated rings. The molecule has 0 aliphatic carbocycles. The second-order valence-corrected chi connectivity index (χ2v) is 5.67. The van der Waals surface area contributed by atoms with E-state index in [0.29, 0.717) is 5.41 Å². The quantitative estimate of drug-likeness (QED) is 0.427. The van der Waals surface area contributed by atoms with Crippen molar-refractivity contribution in [3.63, 3.8) is 0 Å². The molecule has 0 heterocycles. The summed E-state index contributed by atoms with van der Waals surface area (Å²) in [6.07, 6.45) is 6.32. The largest absolute Gasteiger partial charge is 0.313 e. The molecule has 0 aliphatic rings. The summed E-state index contributed by atoms with van der Waals surface area (Å²) in [5, 5.41) is 6.77. The van der Waals surface area contributed by atoms with Crippen LogP contribution < -0.4 is 10.6 Å². The molecule has 2 N–H and O–H groups in total. The van der Waals surface area contributed by atoms with Crippen LogP contribution in [-0.4, -0.2) is 26.2 Å². The highest BCUT2D eigenvalue weighted by Gasteiger charge is 2.20. The Morgan fingerprint density at radius 1 is 1.12 bits per heavy atom. The Labute approximate surface area is 108 Å². The molecule has 0 bridgehead atoms. The average molecular weight is 238 g/mol. The maximum absolute atomic E-state index is 3.72. The molecule has 0 radical (unpaired) electrons. The van der Waals surface area contributed by atoms with Gasteiger partial charge in [0.25, 0.3) is 0 Å². The monoisotopic (exact) mass is 238 g/mol. The number of rotatable bonds is 11. The van der Waals surface area contributed by atoms with Crippen LogP contribution in [0.4, 0.5) is 0 Å². The second-order valence-electron chi connectivity index (χ2n) is 5.67. The Morgan fingerprint density at radius 2 is 1.71 bits per heavy atom. The molecule has 17 heavy (non-hydrogen) atoms. The van der Waals surface area contributed by atoms with Gasteiger partial charge < -0.3 is 10.6 Å². The minimum Gasteiger partial charge on any atom is -0.313 e. The summed E-state index contributed by atoms with van der Waals surface area (Å²) in [4.78, 5) is 0. The molecule has 2 heteroatoms. The summed E-state index contributed by atoms with van der Waals surface area (Å²) in [6.45, 7) is 18.4. The van der Waals surface area contributed by atoms with E-state index in [-0.39, 0.29) is 0 Å². The minimum absolute atomic E-state index is 0.362. The fraction of sp³-hybridized carbons (Fsp3) is 0.733. The third-order valence-electron chi connectivity index (χ3n) is 2.90. The van der Waals surface area contributed by atoms with Gasteiger partial charge in [-0.3, -0.25) is 0 Å². The van der Waals surface area contributed by atoms with Crippen LogP contribution in [0.5, 0.6) is 0 Å². The van der Waals surface area contributed by atoms with E-state index in [1.807, 2.05) is 12.2 Å². The molecule has 0 saturated heterocycles. The molecule has 0 saturated carbocycles.